The van der Waals surface area contributed by atoms with E-state index in [1.807, 2.05) is 9.80 Å². The number of hydrogen-bond acceptors (Lipinski definition) is 4. The van der Waals surface area contributed by atoms with Crippen LogP contribution in [0.2, 0.25) is 0 Å². The fraction of sp³-hybridized carbons (Fsp3) is 0.353. The largest absolute Gasteiger partial charge is 0.494 e. The van der Waals surface area contributed by atoms with Gasteiger partial charge < -0.3 is 14.5 Å². The van der Waals surface area contributed by atoms with Crippen molar-refractivity contribution >= 4 is 11.5 Å². The van der Waals surface area contributed by atoms with E-state index in [0.29, 0.717) is 32.0 Å². The van der Waals surface area contributed by atoms with Gasteiger partial charge in [0.1, 0.15) is 5.82 Å². The summed E-state index contributed by atoms with van der Waals surface area (Å²) < 4.78 is 56.5. The first kappa shape index (κ1) is 17.3. The molecule has 3 rings (SSSR count). The molecule has 1 aromatic carbocycles. The molecule has 25 heavy (non-hydrogen) atoms. The van der Waals surface area contributed by atoms with Gasteiger partial charge in [0.05, 0.1) is 12.7 Å². The van der Waals surface area contributed by atoms with Crippen molar-refractivity contribution in [2.24, 2.45) is 0 Å². The number of piperazine rings is 1. The Bertz CT molecular complexity index is 726. The van der Waals surface area contributed by atoms with Crippen LogP contribution in [-0.2, 0) is 6.18 Å². The molecule has 1 aliphatic heterocycles. The molecule has 2 aromatic rings. The Balaban J connectivity index is 1.64. The third-order valence-corrected chi connectivity index (χ3v) is 4.18. The van der Waals surface area contributed by atoms with Crippen LogP contribution in [0.5, 0.6) is 5.75 Å². The zero-order valence-corrected chi connectivity index (χ0v) is 13.6. The first-order valence-electron chi connectivity index (χ1n) is 7.75. The summed E-state index contributed by atoms with van der Waals surface area (Å²) in [5, 5.41) is 0. The third kappa shape index (κ3) is 3.78. The number of anilines is 2. The predicted molar refractivity (Wildman–Crippen MR) is 86.6 cm³/mol. The summed E-state index contributed by atoms with van der Waals surface area (Å²) in [4.78, 5) is 7.84. The number of halogens is 4. The number of methoxy groups -OCH3 is 1. The van der Waals surface area contributed by atoms with Crippen LogP contribution in [0, 0.1) is 5.82 Å². The van der Waals surface area contributed by atoms with Crippen LogP contribution in [0.1, 0.15) is 5.56 Å². The highest BCUT2D eigenvalue weighted by molar-refractivity contribution is 5.52. The fourth-order valence-corrected chi connectivity index (χ4v) is 2.79. The van der Waals surface area contributed by atoms with E-state index in [1.54, 1.807) is 12.1 Å². The second-order valence-corrected chi connectivity index (χ2v) is 5.70. The van der Waals surface area contributed by atoms with Gasteiger partial charge >= 0.3 is 6.18 Å². The Kier molecular flexibility index (Phi) is 4.69. The Morgan fingerprint density at radius 3 is 2.20 bits per heavy atom. The van der Waals surface area contributed by atoms with E-state index in [4.69, 9.17) is 4.74 Å². The molecule has 8 heteroatoms. The Labute approximate surface area is 142 Å². The lowest BCUT2D eigenvalue weighted by Crippen LogP contribution is -2.46. The van der Waals surface area contributed by atoms with E-state index in [2.05, 4.69) is 4.98 Å². The third-order valence-electron chi connectivity index (χ3n) is 4.18. The number of ether oxygens (including phenoxy) is 1. The zero-order valence-electron chi connectivity index (χ0n) is 13.6. The van der Waals surface area contributed by atoms with Crippen molar-refractivity contribution in [1.82, 2.24) is 4.98 Å². The lowest BCUT2D eigenvalue weighted by atomic mass is 10.2. The van der Waals surface area contributed by atoms with Crippen molar-refractivity contribution in [3.8, 4) is 5.75 Å². The van der Waals surface area contributed by atoms with Gasteiger partial charge in [0.25, 0.3) is 0 Å². The van der Waals surface area contributed by atoms with Crippen molar-refractivity contribution in [2.75, 3.05) is 43.1 Å². The molecule has 2 heterocycles. The Hall–Kier alpha value is -2.51. The minimum atomic E-state index is -4.39. The number of nitrogens with zero attached hydrogens (tertiary/aromatic N) is 3. The zero-order chi connectivity index (χ0) is 18.0. The number of benzene rings is 1. The van der Waals surface area contributed by atoms with Gasteiger partial charge in [-0.05, 0) is 24.3 Å². The van der Waals surface area contributed by atoms with Gasteiger partial charge in [-0.2, -0.15) is 13.2 Å². The van der Waals surface area contributed by atoms with Crippen LogP contribution in [0.4, 0.5) is 29.1 Å². The van der Waals surface area contributed by atoms with Crippen LogP contribution in [0.3, 0.4) is 0 Å². The molecule has 134 valence electrons. The van der Waals surface area contributed by atoms with Crippen molar-refractivity contribution in [2.45, 2.75) is 6.18 Å². The van der Waals surface area contributed by atoms with Crippen molar-refractivity contribution < 1.29 is 22.3 Å². The van der Waals surface area contributed by atoms with Gasteiger partial charge in [-0.25, -0.2) is 9.37 Å². The van der Waals surface area contributed by atoms with E-state index < -0.39 is 17.6 Å². The SMILES string of the molecule is COc1ccc(N2CCN(c3ccc(C(F)(F)F)cn3)CC2)cc1F. The van der Waals surface area contributed by atoms with Crippen molar-refractivity contribution in [3.63, 3.8) is 0 Å². The normalized spacial score (nSPS) is 15.4. The quantitative estimate of drug-likeness (QED) is 0.787. The maximum Gasteiger partial charge on any atom is 0.417 e. The molecule has 1 aromatic heterocycles. The highest BCUT2D eigenvalue weighted by Gasteiger charge is 2.31. The molecule has 4 nitrogen and oxygen atoms in total. The number of rotatable bonds is 3. The minimum Gasteiger partial charge on any atom is -0.494 e. The molecule has 1 saturated heterocycles. The number of hydrogen-bond donors (Lipinski definition) is 0. The van der Waals surface area contributed by atoms with Gasteiger partial charge in [0.2, 0.25) is 0 Å². The molecule has 0 amide bonds. The lowest BCUT2D eigenvalue weighted by molar-refractivity contribution is -0.137. The molecule has 0 spiro atoms. The molecule has 0 radical (unpaired) electrons. The molecule has 0 saturated carbocycles. The van der Waals surface area contributed by atoms with E-state index >= 15 is 0 Å². The monoisotopic (exact) mass is 355 g/mol. The molecular formula is C17H17F4N3O. The molecule has 0 aliphatic carbocycles. The lowest BCUT2D eigenvalue weighted by Gasteiger charge is -2.36. The van der Waals surface area contributed by atoms with Crippen molar-refractivity contribution in [1.29, 1.82) is 0 Å². The van der Waals surface area contributed by atoms with Gasteiger partial charge in [-0.3, -0.25) is 0 Å². The molecular weight excluding hydrogens is 338 g/mol. The molecule has 0 unspecified atom stereocenters. The minimum absolute atomic E-state index is 0.191. The smallest absolute Gasteiger partial charge is 0.417 e. The number of pyridine rings is 1. The van der Waals surface area contributed by atoms with Gasteiger partial charge in [0.15, 0.2) is 11.6 Å². The fourth-order valence-electron chi connectivity index (χ4n) is 2.79. The van der Waals surface area contributed by atoms with Crippen LogP contribution in [0.25, 0.3) is 0 Å². The molecule has 0 bridgehead atoms. The highest BCUT2D eigenvalue weighted by atomic mass is 19.4. The van der Waals surface area contributed by atoms with E-state index in [-0.39, 0.29) is 5.75 Å². The summed E-state index contributed by atoms with van der Waals surface area (Å²) in [5.74, 6) is 0.275. The summed E-state index contributed by atoms with van der Waals surface area (Å²) in [7, 11) is 1.41. The summed E-state index contributed by atoms with van der Waals surface area (Å²) >= 11 is 0. The second kappa shape index (κ2) is 6.78. The number of alkyl halides is 3. The summed E-state index contributed by atoms with van der Waals surface area (Å²) in [6.07, 6.45) is -3.54. The van der Waals surface area contributed by atoms with Crippen molar-refractivity contribution in [3.05, 3.63) is 47.9 Å². The van der Waals surface area contributed by atoms with E-state index in [0.717, 1.165) is 18.0 Å². The predicted octanol–water partition coefficient (Wildman–Crippen LogP) is 3.57. The molecule has 1 fully saturated rings. The highest BCUT2D eigenvalue weighted by Crippen LogP contribution is 2.30. The average Bonchev–Trinajstić information content (AvgIpc) is 2.61. The standard InChI is InChI=1S/C17H17F4N3O/c1-25-15-4-3-13(10-14(15)18)23-6-8-24(9-7-23)16-5-2-12(11-22-16)17(19,20)21/h2-5,10-11H,6-9H2,1H3. The molecule has 1 aliphatic rings. The van der Waals surface area contributed by atoms with Gasteiger partial charge in [-0.1, -0.05) is 0 Å². The van der Waals surface area contributed by atoms with Crippen LogP contribution < -0.4 is 14.5 Å². The van der Waals surface area contributed by atoms with Crippen LogP contribution in [-0.4, -0.2) is 38.3 Å². The van der Waals surface area contributed by atoms with Gasteiger partial charge in [-0.15, -0.1) is 0 Å². The van der Waals surface area contributed by atoms with Gasteiger partial charge in [0, 0.05) is 44.1 Å². The maximum absolute atomic E-state index is 13.8. The average molecular weight is 355 g/mol. The summed E-state index contributed by atoms with van der Waals surface area (Å²) in [6, 6.07) is 7.20. The molecule has 0 atom stereocenters. The maximum atomic E-state index is 13.8. The van der Waals surface area contributed by atoms with E-state index in [1.165, 1.54) is 19.2 Å². The topological polar surface area (TPSA) is 28.6 Å². The van der Waals surface area contributed by atoms with E-state index in [9.17, 15) is 17.6 Å². The van der Waals surface area contributed by atoms with Crippen LogP contribution in [0.15, 0.2) is 36.5 Å². The Morgan fingerprint density at radius 1 is 1.00 bits per heavy atom. The Morgan fingerprint density at radius 2 is 1.68 bits per heavy atom. The summed E-state index contributed by atoms with van der Waals surface area (Å²) in [6.45, 7) is 2.42. The summed E-state index contributed by atoms with van der Waals surface area (Å²) in [5.41, 5.74) is -0.0121. The van der Waals surface area contributed by atoms with Crippen LogP contribution >= 0.6 is 0 Å². The molecule has 0 N–H and O–H groups in total. The second-order valence-electron chi connectivity index (χ2n) is 5.70. The first-order chi connectivity index (χ1) is 11.9. The number of aromatic nitrogens is 1. The first-order valence-corrected chi connectivity index (χ1v) is 7.75.